The number of hydrogen-bond donors (Lipinski definition) is 1. The van der Waals surface area contributed by atoms with Gasteiger partial charge in [-0.15, -0.1) is 0 Å². The van der Waals surface area contributed by atoms with Crippen LogP contribution in [0.4, 0.5) is 4.39 Å². The van der Waals surface area contributed by atoms with Gasteiger partial charge in [-0.1, -0.05) is 12.1 Å². The Balaban J connectivity index is 2.78. The third-order valence-electron chi connectivity index (χ3n) is 1.97. The lowest BCUT2D eigenvalue weighted by atomic mass is 10.0. The first-order valence-corrected chi connectivity index (χ1v) is 4.22. The van der Waals surface area contributed by atoms with Crippen molar-refractivity contribution >= 4 is 0 Å². The van der Waals surface area contributed by atoms with E-state index in [1.54, 1.807) is 13.2 Å². The van der Waals surface area contributed by atoms with Gasteiger partial charge in [0.25, 0.3) is 0 Å². The number of hydrogen-bond acceptors (Lipinski definition) is 2. The topological polar surface area (TPSA) is 35.2 Å². The van der Waals surface area contributed by atoms with Gasteiger partial charge in [-0.05, 0) is 17.7 Å². The van der Waals surface area contributed by atoms with E-state index >= 15 is 0 Å². The molecule has 0 spiro atoms. The molecular weight excluding hydrogens is 169 g/mol. The Hall–Kier alpha value is -0.930. The fourth-order valence-corrected chi connectivity index (χ4v) is 1.26. The maximum absolute atomic E-state index is 12.8. The molecule has 1 rings (SSSR count). The third kappa shape index (κ3) is 2.79. The minimum Gasteiger partial charge on any atom is -0.384 e. The Bertz CT molecular complexity index is 265. The molecule has 0 radical (unpaired) electrons. The number of nitrogens with two attached hydrogens (primary N) is 1. The van der Waals surface area contributed by atoms with Gasteiger partial charge in [0.15, 0.2) is 0 Å². The molecule has 1 atom stereocenters. The van der Waals surface area contributed by atoms with E-state index < -0.39 is 0 Å². The molecule has 0 saturated heterocycles. The summed E-state index contributed by atoms with van der Waals surface area (Å²) in [6.45, 7) is 0.997. The summed E-state index contributed by atoms with van der Waals surface area (Å²) in [5, 5.41) is 0. The van der Waals surface area contributed by atoms with Crippen molar-refractivity contribution in [2.45, 2.75) is 5.92 Å². The molecule has 0 bridgehead atoms. The van der Waals surface area contributed by atoms with E-state index in [2.05, 4.69) is 0 Å². The van der Waals surface area contributed by atoms with E-state index in [-0.39, 0.29) is 11.7 Å². The molecule has 0 amide bonds. The minimum atomic E-state index is -0.230. The summed E-state index contributed by atoms with van der Waals surface area (Å²) in [6, 6.07) is 6.46. The van der Waals surface area contributed by atoms with Crippen molar-refractivity contribution in [2.75, 3.05) is 20.3 Å². The molecule has 0 aliphatic heterocycles. The summed E-state index contributed by atoms with van der Waals surface area (Å²) in [6.07, 6.45) is 0. The van der Waals surface area contributed by atoms with Gasteiger partial charge in [-0.2, -0.15) is 0 Å². The zero-order chi connectivity index (χ0) is 9.68. The monoisotopic (exact) mass is 183 g/mol. The van der Waals surface area contributed by atoms with Gasteiger partial charge < -0.3 is 10.5 Å². The highest BCUT2D eigenvalue weighted by atomic mass is 19.1. The van der Waals surface area contributed by atoms with Gasteiger partial charge in [0.2, 0.25) is 0 Å². The van der Waals surface area contributed by atoms with Gasteiger partial charge in [-0.3, -0.25) is 0 Å². The van der Waals surface area contributed by atoms with Crippen molar-refractivity contribution in [1.29, 1.82) is 0 Å². The molecule has 0 aliphatic rings. The van der Waals surface area contributed by atoms with Crippen LogP contribution in [0.15, 0.2) is 24.3 Å². The van der Waals surface area contributed by atoms with Crippen LogP contribution in [0.3, 0.4) is 0 Å². The quantitative estimate of drug-likeness (QED) is 0.768. The molecule has 0 saturated carbocycles. The third-order valence-corrected chi connectivity index (χ3v) is 1.97. The van der Waals surface area contributed by atoms with E-state index in [0.717, 1.165) is 5.56 Å². The lowest BCUT2D eigenvalue weighted by Gasteiger charge is -2.13. The van der Waals surface area contributed by atoms with Gasteiger partial charge in [0, 0.05) is 19.6 Å². The smallest absolute Gasteiger partial charge is 0.123 e. The molecule has 0 fully saturated rings. The van der Waals surface area contributed by atoms with Crippen molar-refractivity contribution in [2.24, 2.45) is 5.73 Å². The predicted molar refractivity (Wildman–Crippen MR) is 50.1 cm³/mol. The van der Waals surface area contributed by atoms with Crippen molar-refractivity contribution in [1.82, 2.24) is 0 Å². The van der Waals surface area contributed by atoms with Crippen LogP contribution < -0.4 is 5.73 Å². The van der Waals surface area contributed by atoms with Crippen molar-refractivity contribution < 1.29 is 9.13 Å². The van der Waals surface area contributed by atoms with E-state index in [9.17, 15) is 4.39 Å². The summed E-state index contributed by atoms with van der Waals surface area (Å²) in [4.78, 5) is 0. The van der Waals surface area contributed by atoms with Crippen LogP contribution in [0.1, 0.15) is 11.5 Å². The Kier molecular flexibility index (Phi) is 3.86. The van der Waals surface area contributed by atoms with Crippen LogP contribution >= 0.6 is 0 Å². The van der Waals surface area contributed by atoms with E-state index in [0.29, 0.717) is 13.2 Å². The van der Waals surface area contributed by atoms with Crippen molar-refractivity contribution in [3.8, 4) is 0 Å². The first kappa shape index (κ1) is 10.2. The number of halogens is 1. The second-order valence-corrected chi connectivity index (χ2v) is 2.94. The SMILES string of the molecule is COCC(CN)c1cccc(F)c1. The first-order valence-electron chi connectivity index (χ1n) is 4.22. The van der Waals surface area contributed by atoms with Crippen molar-refractivity contribution in [3.05, 3.63) is 35.6 Å². The zero-order valence-electron chi connectivity index (χ0n) is 7.66. The molecule has 0 aliphatic carbocycles. The second kappa shape index (κ2) is 4.94. The summed E-state index contributed by atoms with van der Waals surface area (Å²) in [5.74, 6) is -0.146. The van der Waals surface area contributed by atoms with E-state index in [1.807, 2.05) is 6.07 Å². The Labute approximate surface area is 77.5 Å². The molecule has 1 aromatic carbocycles. The van der Waals surface area contributed by atoms with Crippen LogP contribution in [0, 0.1) is 5.82 Å². The maximum atomic E-state index is 12.8. The largest absolute Gasteiger partial charge is 0.384 e. The highest BCUT2D eigenvalue weighted by Gasteiger charge is 2.09. The summed E-state index contributed by atoms with van der Waals surface area (Å²) in [5.41, 5.74) is 6.43. The van der Waals surface area contributed by atoms with Crippen LogP contribution in [-0.2, 0) is 4.74 Å². The van der Waals surface area contributed by atoms with E-state index in [4.69, 9.17) is 10.5 Å². The molecule has 13 heavy (non-hydrogen) atoms. The predicted octanol–water partition coefficient (Wildman–Crippen LogP) is 1.51. The molecular formula is C10H14FNO. The second-order valence-electron chi connectivity index (χ2n) is 2.94. The van der Waals surface area contributed by atoms with Crippen LogP contribution in [-0.4, -0.2) is 20.3 Å². The van der Waals surface area contributed by atoms with Gasteiger partial charge >= 0.3 is 0 Å². The van der Waals surface area contributed by atoms with Gasteiger partial charge in [-0.25, -0.2) is 4.39 Å². The Morgan fingerprint density at radius 1 is 1.54 bits per heavy atom. The average molecular weight is 183 g/mol. The molecule has 1 aromatic rings. The average Bonchev–Trinajstić information content (AvgIpc) is 2.14. The molecule has 2 nitrogen and oxygen atoms in total. The fourth-order valence-electron chi connectivity index (χ4n) is 1.26. The first-order chi connectivity index (χ1) is 6.27. The molecule has 0 heterocycles. The number of ether oxygens (including phenoxy) is 1. The molecule has 1 unspecified atom stereocenters. The van der Waals surface area contributed by atoms with E-state index in [1.165, 1.54) is 12.1 Å². The van der Waals surface area contributed by atoms with Crippen LogP contribution in [0.5, 0.6) is 0 Å². The fraction of sp³-hybridized carbons (Fsp3) is 0.400. The highest BCUT2D eigenvalue weighted by molar-refractivity contribution is 5.21. The van der Waals surface area contributed by atoms with Crippen LogP contribution in [0.2, 0.25) is 0 Å². The summed E-state index contributed by atoms with van der Waals surface area (Å²) in [7, 11) is 1.61. The molecule has 3 heteroatoms. The maximum Gasteiger partial charge on any atom is 0.123 e. The zero-order valence-corrected chi connectivity index (χ0v) is 7.66. The summed E-state index contributed by atoms with van der Waals surface area (Å²) < 4.78 is 17.8. The van der Waals surface area contributed by atoms with Gasteiger partial charge in [0.05, 0.1) is 6.61 Å². The molecule has 2 N–H and O–H groups in total. The molecule has 72 valence electrons. The number of rotatable bonds is 4. The minimum absolute atomic E-state index is 0.0840. The van der Waals surface area contributed by atoms with Crippen LogP contribution in [0.25, 0.3) is 0 Å². The Morgan fingerprint density at radius 2 is 2.31 bits per heavy atom. The summed E-state index contributed by atoms with van der Waals surface area (Å²) >= 11 is 0. The normalized spacial score (nSPS) is 12.8. The standard InChI is InChI=1S/C10H14FNO/c1-13-7-9(6-12)8-3-2-4-10(11)5-8/h2-5,9H,6-7,12H2,1H3. The highest BCUT2D eigenvalue weighted by Crippen LogP contribution is 2.15. The number of methoxy groups -OCH3 is 1. The lowest BCUT2D eigenvalue weighted by Crippen LogP contribution is -2.17. The Morgan fingerprint density at radius 3 is 2.85 bits per heavy atom. The lowest BCUT2D eigenvalue weighted by molar-refractivity contribution is 0.181. The van der Waals surface area contributed by atoms with Crippen molar-refractivity contribution in [3.63, 3.8) is 0 Å². The van der Waals surface area contributed by atoms with Gasteiger partial charge in [0.1, 0.15) is 5.82 Å². The number of benzene rings is 1. The molecule has 0 aromatic heterocycles.